The Morgan fingerprint density at radius 3 is 2.59 bits per heavy atom. The normalized spacial score (nSPS) is 11.4. The Labute approximate surface area is 108 Å². The maximum Gasteiger partial charge on any atom is 0.101 e. The van der Waals surface area contributed by atoms with Gasteiger partial charge in [0.15, 0.2) is 0 Å². The number of nitriles is 1. The van der Waals surface area contributed by atoms with Crippen LogP contribution in [-0.4, -0.2) is 31.1 Å². The van der Waals surface area contributed by atoms with Crippen LogP contribution in [0.2, 0.25) is 5.02 Å². The van der Waals surface area contributed by atoms with Crippen LogP contribution in [-0.2, 0) is 0 Å². The third-order valence-corrected chi connectivity index (χ3v) is 3.26. The Morgan fingerprint density at radius 1 is 1.41 bits per heavy atom. The van der Waals surface area contributed by atoms with Crippen LogP contribution in [0.4, 0.5) is 5.69 Å². The first-order valence-electron chi connectivity index (χ1n) is 5.48. The van der Waals surface area contributed by atoms with E-state index in [4.69, 9.17) is 16.9 Å². The number of rotatable bonds is 4. The average molecular weight is 252 g/mol. The molecule has 1 rings (SSSR count). The van der Waals surface area contributed by atoms with Gasteiger partial charge < -0.3 is 10.2 Å². The van der Waals surface area contributed by atoms with E-state index in [1.165, 1.54) is 0 Å². The Morgan fingerprint density at radius 2 is 2.06 bits per heavy atom. The van der Waals surface area contributed by atoms with Crippen molar-refractivity contribution in [2.24, 2.45) is 0 Å². The van der Waals surface area contributed by atoms with Crippen LogP contribution in [0.5, 0.6) is 0 Å². The second-order valence-corrected chi connectivity index (χ2v) is 5.30. The van der Waals surface area contributed by atoms with Crippen molar-refractivity contribution in [3.05, 3.63) is 28.8 Å². The second kappa shape index (κ2) is 5.39. The van der Waals surface area contributed by atoms with Gasteiger partial charge in [-0.05, 0) is 46.1 Å². The summed E-state index contributed by atoms with van der Waals surface area (Å²) in [6.07, 6.45) is 0. The number of hydrogen-bond donors (Lipinski definition) is 1. The number of benzene rings is 1. The van der Waals surface area contributed by atoms with Crippen LogP contribution in [0.1, 0.15) is 19.4 Å². The molecule has 1 aromatic rings. The first-order valence-corrected chi connectivity index (χ1v) is 5.85. The fraction of sp³-hybridized carbons (Fsp3) is 0.462. The molecule has 0 saturated carbocycles. The van der Waals surface area contributed by atoms with Gasteiger partial charge in [0.05, 0.1) is 11.3 Å². The topological polar surface area (TPSA) is 39.1 Å². The first kappa shape index (κ1) is 13.8. The fourth-order valence-electron chi connectivity index (χ4n) is 1.23. The molecule has 0 bridgehead atoms. The number of hydrogen-bond acceptors (Lipinski definition) is 3. The minimum atomic E-state index is 0.0202. The summed E-state index contributed by atoms with van der Waals surface area (Å²) >= 11 is 5.85. The van der Waals surface area contributed by atoms with Gasteiger partial charge in [-0.25, -0.2) is 0 Å². The summed E-state index contributed by atoms with van der Waals surface area (Å²) in [6, 6.07) is 7.44. The highest BCUT2D eigenvalue weighted by atomic mass is 35.5. The van der Waals surface area contributed by atoms with Gasteiger partial charge in [0.2, 0.25) is 0 Å². The summed E-state index contributed by atoms with van der Waals surface area (Å²) in [5, 5.41) is 12.9. The molecule has 1 N–H and O–H groups in total. The highest BCUT2D eigenvalue weighted by Gasteiger charge is 2.20. The third kappa shape index (κ3) is 3.62. The predicted octanol–water partition coefficient (Wildman–Crippen LogP) is 2.96. The Hall–Kier alpha value is -1.24. The molecule has 1 aromatic carbocycles. The third-order valence-electron chi connectivity index (χ3n) is 3.02. The Bertz CT molecular complexity index is 433. The average Bonchev–Trinajstić information content (AvgIpc) is 2.27. The van der Waals surface area contributed by atoms with E-state index < -0.39 is 0 Å². The van der Waals surface area contributed by atoms with Crippen LogP contribution in [0.15, 0.2) is 18.2 Å². The zero-order valence-corrected chi connectivity index (χ0v) is 11.5. The summed E-state index contributed by atoms with van der Waals surface area (Å²) in [7, 11) is 4.07. The number of anilines is 1. The summed E-state index contributed by atoms with van der Waals surface area (Å²) < 4.78 is 0. The molecule has 0 unspecified atom stereocenters. The van der Waals surface area contributed by atoms with E-state index in [-0.39, 0.29) is 5.54 Å². The van der Waals surface area contributed by atoms with E-state index >= 15 is 0 Å². The molecule has 92 valence electrons. The van der Waals surface area contributed by atoms with E-state index in [1.807, 2.05) is 20.2 Å². The van der Waals surface area contributed by atoms with E-state index in [9.17, 15) is 0 Å². The van der Waals surface area contributed by atoms with Crippen molar-refractivity contribution >= 4 is 17.3 Å². The molecule has 0 aliphatic rings. The lowest BCUT2D eigenvalue weighted by atomic mass is 10.0. The van der Waals surface area contributed by atoms with Gasteiger partial charge in [-0.1, -0.05) is 11.6 Å². The van der Waals surface area contributed by atoms with Gasteiger partial charge >= 0.3 is 0 Å². The smallest absolute Gasteiger partial charge is 0.101 e. The molecule has 4 heteroatoms. The van der Waals surface area contributed by atoms with Crippen LogP contribution >= 0.6 is 11.6 Å². The molecule has 0 amide bonds. The van der Waals surface area contributed by atoms with Crippen molar-refractivity contribution in [1.29, 1.82) is 5.26 Å². The minimum Gasteiger partial charge on any atom is -0.382 e. The standard InChI is InChI=1S/C13H18ClN3/c1-13(2,17(3)4)9-16-12-6-5-11(14)7-10(12)8-15/h5-7,16H,9H2,1-4H3. The van der Waals surface area contributed by atoms with Gasteiger partial charge in [-0.2, -0.15) is 5.26 Å². The summed E-state index contributed by atoms with van der Waals surface area (Å²) in [4.78, 5) is 2.14. The lowest BCUT2D eigenvalue weighted by Gasteiger charge is -2.33. The van der Waals surface area contributed by atoms with Crippen LogP contribution < -0.4 is 5.32 Å². The number of halogens is 1. The quantitative estimate of drug-likeness (QED) is 0.894. The summed E-state index contributed by atoms with van der Waals surface area (Å²) in [6.45, 7) is 5.04. The minimum absolute atomic E-state index is 0.0202. The number of nitrogens with one attached hydrogen (secondary N) is 1. The fourth-order valence-corrected chi connectivity index (χ4v) is 1.40. The summed E-state index contributed by atoms with van der Waals surface area (Å²) in [5.41, 5.74) is 1.42. The van der Waals surface area contributed by atoms with Crippen molar-refractivity contribution in [2.75, 3.05) is 26.0 Å². The number of nitrogens with zero attached hydrogens (tertiary/aromatic N) is 2. The molecule has 0 radical (unpaired) electrons. The molecule has 0 atom stereocenters. The van der Waals surface area contributed by atoms with Gasteiger partial charge in [0.25, 0.3) is 0 Å². The zero-order chi connectivity index (χ0) is 13.1. The van der Waals surface area contributed by atoms with Gasteiger partial charge in [0.1, 0.15) is 6.07 Å². The molecule has 0 spiro atoms. The van der Waals surface area contributed by atoms with Gasteiger partial charge in [-0.3, -0.25) is 0 Å². The Balaban J connectivity index is 2.80. The van der Waals surface area contributed by atoms with Crippen molar-refractivity contribution in [1.82, 2.24) is 4.90 Å². The molecular weight excluding hydrogens is 234 g/mol. The van der Waals surface area contributed by atoms with Gasteiger partial charge in [-0.15, -0.1) is 0 Å². The maximum absolute atomic E-state index is 9.02. The highest BCUT2D eigenvalue weighted by Crippen LogP contribution is 2.21. The molecule has 3 nitrogen and oxygen atoms in total. The van der Waals surface area contributed by atoms with E-state index in [0.717, 1.165) is 12.2 Å². The maximum atomic E-state index is 9.02. The molecule has 0 aromatic heterocycles. The molecule has 0 heterocycles. The molecule has 17 heavy (non-hydrogen) atoms. The van der Waals surface area contributed by atoms with Crippen LogP contribution in [0.3, 0.4) is 0 Å². The van der Waals surface area contributed by atoms with E-state index in [1.54, 1.807) is 12.1 Å². The van der Waals surface area contributed by atoms with Crippen LogP contribution in [0.25, 0.3) is 0 Å². The first-order chi connectivity index (χ1) is 7.86. The van der Waals surface area contributed by atoms with Crippen molar-refractivity contribution < 1.29 is 0 Å². The summed E-state index contributed by atoms with van der Waals surface area (Å²) in [5.74, 6) is 0. The second-order valence-electron chi connectivity index (χ2n) is 4.86. The lowest BCUT2D eigenvalue weighted by molar-refractivity contribution is 0.210. The van der Waals surface area contributed by atoms with Crippen molar-refractivity contribution in [2.45, 2.75) is 19.4 Å². The van der Waals surface area contributed by atoms with Gasteiger partial charge in [0, 0.05) is 17.1 Å². The van der Waals surface area contributed by atoms with Crippen molar-refractivity contribution in [3.8, 4) is 6.07 Å². The highest BCUT2D eigenvalue weighted by molar-refractivity contribution is 6.30. The monoisotopic (exact) mass is 251 g/mol. The van der Waals surface area contributed by atoms with E-state index in [0.29, 0.717) is 10.6 Å². The number of likely N-dealkylation sites (N-methyl/N-ethyl adjacent to an activating group) is 1. The molecule has 0 saturated heterocycles. The zero-order valence-electron chi connectivity index (χ0n) is 10.7. The molecule has 0 fully saturated rings. The predicted molar refractivity (Wildman–Crippen MR) is 72.4 cm³/mol. The lowest BCUT2D eigenvalue weighted by Crippen LogP contribution is -2.44. The van der Waals surface area contributed by atoms with E-state index in [2.05, 4.69) is 30.1 Å². The Kier molecular flexibility index (Phi) is 4.39. The SMILES string of the molecule is CN(C)C(C)(C)CNc1ccc(Cl)cc1C#N. The molecule has 0 aliphatic carbocycles. The molecular formula is C13H18ClN3. The largest absolute Gasteiger partial charge is 0.382 e. The van der Waals surface area contributed by atoms with Crippen LogP contribution in [0, 0.1) is 11.3 Å². The van der Waals surface area contributed by atoms with Crippen molar-refractivity contribution in [3.63, 3.8) is 0 Å². The molecule has 0 aliphatic heterocycles.